The van der Waals surface area contributed by atoms with E-state index < -0.39 is 29.3 Å². The van der Waals surface area contributed by atoms with Gasteiger partial charge in [-0.25, -0.2) is 0 Å². The first-order valence-corrected chi connectivity index (χ1v) is 9.85. The Labute approximate surface area is 170 Å². The highest BCUT2D eigenvalue weighted by molar-refractivity contribution is 5.85. The zero-order valence-electron chi connectivity index (χ0n) is 16.6. The minimum atomic E-state index is -4.75. The molecule has 2 atom stereocenters. The van der Waals surface area contributed by atoms with Gasteiger partial charge in [-0.3, -0.25) is 9.48 Å². The quantitative estimate of drug-likeness (QED) is 0.729. The molecule has 1 aromatic heterocycles. The molecular formula is C20H23F4N3O3. The number of aromatic nitrogens is 2. The fourth-order valence-electron chi connectivity index (χ4n) is 4.43. The van der Waals surface area contributed by atoms with Gasteiger partial charge in [0.2, 0.25) is 5.95 Å². The standard InChI is InChI=1S/C20H23F4N3O3/c1-10-3-13(28)4-11(25-10)9-30-14-5-15-17(16(6-14)20(22,23)24)27(26-18(15)21)12-7-19(2,29)8-12/h5-6,10-12,25,29H,3-4,7-9H2,1-2H3/t10-,11-,12?,19?/m0/s1. The number of Topliss-reactive ketones (excluding diaryl/α,β-unsaturated/α-hetero) is 1. The van der Waals surface area contributed by atoms with E-state index in [2.05, 4.69) is 10.4 Å². The molecule has 1 saturated carbocycles. The summed E-state index contributed by atoms with van der Waals surface area (Å²) in [6.45, 7) is 3.41. The summed E-state index contributed by atoms with van der Waals surface area (Å²) < 4.78 is 62.4. The number of alkyl halides is 3. The lowest BCUT2D eigenvalue weighted by atomic mass is 9.77. The molecule has 6 nitrogen and oxygen atoms in total. The lowest BCUT2D eigenvalue weighted by Crippen LogP contribution is -2.47. The first kappa shape index (κ1) is 21.0. The lowest BCUT2D eigenvalue weighted by molar-refractivity contribution is -0.136. The second-order valence-corrected chi connectivity index (χ2v) is 8.68. The number of ketones is 1. The van der Waals surface area contributed by atoms with E-state index in [-0.39, 0.29) is 60.4 Å². The first-order chi connectivity index (χ1) is 13.9. The summed E-state index contributed by atoms with van der Waals surface area (Å²) in [6, 6.07) is 1.16. The number of nitrogens with zero attached hydrogens (tertiary/aromatic N) is 2. The first-order valence-electron chi connectivity index (χ1n) is 9.85. The summed E-state index contributed by atoms with van der Waals surface area (Å²) in [4.78, 5) is 11.7. The molecule has 2 aliphatic rings. The Balaban J connectivity index is 1.66. The van der Waals surface area contributed by atoms with E-state index in [1.54, 1.807) is 6.92 Å². The predicted octanol–water partition coefficient (Wildman–Crippen LogP) is 3.37. The molecule has 0 radical (unpaired) electrons. The highest BCUT2D eigenvalue weighted by Gasteiger charge is 2.43. The number of fused-ring (bicyclic) bond motifs is 1. The Hall–Kier alpha value is -2.20. The summed E-state index contributed by atoms with van der Waals surface area (Å²) in [6.07, 6.45) is -3.73. The highest BCUT2D eigenvalue weighted by atomic mass is 19.4. The molecule has 2 N–H and O–H groups in total. The molecule has 0 amide bonds. The molecule has 0 unspecified atom stereocenters. The fourth-order valence-corrected chi connectivity index (χ4v) is 4.43. The Morgan fingerprint density at radius 2 is 2.03 bits per heavy atom. The van der Waals surface area contributed by atoms with Crippen LogP contribution in [0.3, 0.4) is 0 Å². The number of ether oxygens (including phenoxy) is 1. The summed E-state index contributed by atoms with van der Waals surface area (Å²) in [5.41, 5.74) is -2.39. The van der Waals surface area contributed by atoms with Crippen LogP contribution in [-0.4, -0.2) is 45.0 Å². The molecule has 4 rings (SSSR count). The minimum absolute atomic E-state index is 0.0138. The van der Waals surface area contributed by atoms with Gasteiger partial charge < -0.3 is 15.2 Å². The number of halogens is 4. The van der Waals surface area contributed by atoms with Gasteiger partial charge in [0.25, 0.3) is 0 Å². The third kappa shape index (κ3) is 4.02. The van der Waals surface area contributed by atoms with Crippen LogP contribution in [0, 0.1) is 5.95 Å². The maximum Gasteiger partial charge on any atom is 0.418 e. The second-order valence-electron chi connectivity index (χ2n) is 8.68. The molecule has 0 bridgehead atoms. The van der Waals surface area contributed by atoms with Crippen LogP contribution in [0.25, 0.3) is 10.9 Å². The van der Waals surface area contributed by atoms with Crippen molar-refractivity contribution in [3.8, 4) is 5.75 Å². The topological polar surface area (TPSA) is 76.4 Å². The van der Waals surface area contributed by atoms with Crippen molar-refractivity contribution in [1.82, 2.24) is 15.1 Å². The number of nitrogens with one attached hydrogen (secondary N) is 1. The second kappa shape index (κ2) is 7.19. The largest absolute Gasteiger partial charge is 0.492 e. The van der Waals surface area contributed by atoms with Crippen LogP contribution in [0.15, 0.2) is 12.1 Å². The van der Waals surface area contributed by atoms with Crippen molar-refractivity contribution in [1.29, 1.82) is 0 Å². The van der Waals surface area contributed by atoms with Gasteiger partial charge in [0.05, 0.1) is 28.1 Å². The zero-order valence-corrected chi connectivity index (χ0v) is 16.6. The van der Waals surface area contributed by atoms with E-state index in [9.17, 15) is 27.5 Å². The van der Waals surface area contributed by atoms with Crippen LogP contribution < -0.4 is 10.1 Å². The number of piperidine rings is 1. The van der Waals surface area contributed by atoms with Crippen molar-refractivity contribution in [3.63, 3.8) is 0 Å². The van der Waals surface area contributed by atoms with Crippen molar-refractivity contribution < 1.29 is 32.2 Å². The Morgan fingerprint density at radius 1 is 1.33 bits per heavy atom. The van der Waals surface area contributed by atoms with Crippen LogP contribution in [0.4, 0.5) is 17.6 Å². The van der Waals surface area contributed by atoms with Gasteiger partial charge in [0, 0.05) is 24.9 Å². The average molecular weight is 429 g/mol. The van der Waals surface area contributed by atoms with Gasteiger partial charge >= 0.3 is 6.18 Å². The lowest BCUT2D eigenvalue weighted by Gasteiger charge is -2.41. The summed E-state index contributed by atoms with van der Waals surface area (Å²) in [5, 5.41) is 16.5. The van der Waals surface area contributed by atoms with Crippen LogP contribution >= 0.6 is 0 Å². The number of hydrogen-bond acceptors (Lipinski definition) is 5. The highest BCUT2D eigenvalue weighted by Crippen LogP contribution is 2.45. The number of hydrogen-bond donors (Lipinski definition) is 2. The van der Waals surface area contributed by atoms with Crippen LogP contribution in [0.1, 0.15) is 51.1 Å². The van der Waals surface area contributed by atoms with Gasteiger partial charge in [-0.2, -0.15) is 17.6 Å². The van der Waals surface area contributed by atoms with Gasteiger partial charge in [-0.05, 0) is 38.8 Å². The molecule has 30 heavy (non-hydrogen) atoms. The molecule has 10 heteroatoms. The van der Waals surface area contributed by atoms with Gasteiger partial charge in [0.1, 0.15) is 18.1 Å². The summed E-state index contributed by atoms with van der Waals surface area (Å²) in [5.74, 6) is -1.10. The van der Waals surface area contributed by atoms with Crippen LogP contribution in [0.2, 0.25) is 0 Å². The van der Waals surface area contributed by atoms with E-state index in [1.807, 2.05) is 6.92 Å². The molecule has 164 valence electrons. The maximum atomic E-state index is 14.5. The monoisotopic (exact) mass is 429 g/mol. The zero-order chi connectivity index (χ0) is 21.8. The molecule has 2 fully saturated rings. The third-order valence-electron chi connectivity index (χ3n) is 5.71. The van der Waals surface area contributed by atoms with Crippen molar-refractivity contribution >= 4 is 16.7 Å². The molecule has 1 aromatic carbocycles. The Bertz CT molecular complexity index is 978. The van der Waals surface area contributed by atoms with Crippen molar-refractivity contribution in [2.24, 2.45) is 0 Å². The van der Waals surface area contributed by atoms with Crippen molar-refractivity contribution in [3.05, 3.63) is 23.6 Å². The number of benzene rings is 1. The minimum Gasteiger partial charge on any atom is -0.492 e. The van der Waals surface area contributed by atoms with Crippen LogP contribution in [0.5, 0.6) is 5.75 Å². The molecular weight excluding hydrogens is 406 g/mol. The molecule has 1 aliphatic carbocycles. The molecule has 1 saturated heterocycles. The number of carbonyl (C=O) groups is 1. The number of aliphatic hydroxyl groups is 1. The van der Waals surface area contributed by atoms with E-state index in [4.69, 9.17) is 4.74 Å². The number of carbonyl (C=O) groups excluding carboxylic acids is 1. The molecule has 2 aromatic rings. The van der Waals surface area contributed by atoms with Crippen molar-refractivity contribution in [2.45, 2.75) is 69.4 Å². The smallest absolute Gasteiger partial charge is 0.418 e. The van der Waals surface area contributed by atoms with Crippen LogP contribution in [-0.2, 0) is 11.0 Å². The SMILES string of the molecule is C[C@H]1CC(=O)C[C@@H](COc2cc(C(F)(F)F)c3c(c2)c(F)nn3C2CC(C)(O)C2)N1. The molecule has 1 aliphatic heterocycles. The Morgan fingerprint density at radius 3 is 2.63 bits per heavy atom. The normalized spacial score (nSPS) is 29.8. The van der Waals surface area contributed by atoms with E-state index in [0.717, 1.165) is 10.7 Å². The third-order valence-corrected chi connectivity index (χ3v) is 5.71. The summed E-state index contributed by atoms with van der Waals surface area (Å²) in [7, 11) is 0. The van der Waals surface area contributed by atoms with Crippen molar-refractivity contribution in [2.75, 3.05) is 6.61 Å². The maximum absolute atomic E-state index is 14.5. The van der Waals surface area contributed by atoms with E-state index in [0.29, 0.717) is 6.42 Å². The summed E-state index contributed by atoms with van der Waals surface area (Å²) >= 11 is 0. The Kier molecular flexibility index (Phi) is 5.05. The van der Waals surface area contributed by atoms with E-state index in [1.165, 1.54) is 6.07 Å². The molecule has 0 spiro atoms. The fraction of sp³-hybridized carbons (Fsp3) is 0.600. The van der Waals surface area contributed by atoms with Gasteiger partial charge in [-0.1, -0.05) is 0 Å². The molecule has 2 heterocycles. The number of rotatable bonds is 4. The predicted molar refractivity (Wildman–Crippen MR) is 99.7 cm³/mol. The average Bonchev–Trinajstić information content (AvgIpc) is 2.92. The van der Waals surface area contributed by atoms with Gasteiger partial charge in [-0.15, -0.1) is 5.10 Å². The van der Waals surface area contributed by atoms with E-state index >= 15 is 0 Å². The van der Waals surface area contributed by atoms with Gasteiger partial charge in [0.15, 0.2) is 0 Å².